The molecular formula is C22H12ClF2N3O. The van der Waals surface area contributed by atoms with Crippen LogP contribution in [0.5, 0.6) is 0 Å². The average Bonchev–Trinajstić information content (AvgIpc) is 3.35. The predicted octanol–water partition coefficient (Wildman–Crippen LogP) is 6.28. The van der Waals surface area contributed by atoms with Gasteiger partial charge in [0.2, 0.25) is 0 Å². The number of hydrogen-bond acceptors (Lipinski definition) is 3. The SMILES string of the molecule is Fc1ccc(-n2nccc2-c2ccc3noc(-c4ccc(Cl)cc4)c3c2)c(F)c1. The molecule has 7 heteroatoms. The van der Waals surface area contributed by atoms with E-state index < -0.39 is 11.6 Å². The Balaban J connectivity index is 1.65. The third kappa shape index (κ3) is 3.07. The van der Waals surface area contributed by atoms with Gasteiger partial charge in [-0.2, -0.15) is 5.10 Å². The zero-order chi connectivity index (χ0) is 20.0. The molecule has 0 atom stereocenters. The molecule has 0 saturated carbocycles. The van der Waals surface area contributed by atoms with Crippen LogP contribution in [0, 0.1) is 11.6 Å². The van der Waals surface area contributed by atoms with E-state index in [0.29, 0.717) is 22.0 Å². The molecule has 2 aromatic heterocycles. The molecule has 0 unspecified atom stereocenters. The third-order valence-electron chi connectivity index (χ3n) is 4.66. The summed E-state index contributed by atoms with van der Waals surface area (Å²) in [5.74, 6) is -0.723. The number of benzene rings is 3. The second-order valence-corrected chi connectivity index (χ2v) is 6.91. The van der Waals surface area contributed by atoms with Crippen LogP contribution in [-0.2, 0) is 0 Å². The lowest BCUT2D eigenvalue weighted by atomic mass is 10.0. The van der Waals surface area contributed by atoms with Crippen molar-refractivity contribution >= 4 is 22.5 Å². The lowest BCUT2D eigenvalue weighted by Gasteiger charge is -2.09. The normalized spacial score (nSPS) is 11.3. The molecule has 0 saturated heterocycles. The largest absolute Gasteiger partial charge is 0.355 e. The zero-order valence-electron chi connectivity index (χ0n) is 14.8. The zero-order valence-corrected chi connectivity index (χ0v) is 15.6. The van der Waals surface area contributed by atoms with Crippen LogP contribution in [0.25, 0.3) is 39.2 Å². The van der Waals surface area contributed by atoms with E-state index in [1.165, 1.54) is 16.8 Å². The fraction of sp³-hybridized carbons (Fsp3) is 0. The first-order chi connectivity index (χ1) is 14.1. The minimum atomic E-state index is -0.692. The Morgan fingerprint density at radius 3 is 2.45 bits per heavy atom. The number of fused-ring (bicyclic) bond motifs is 1. The summed E-state index contributed by atoms with van der Waals surface area (Å²) in [6, 6.07) is 18.0. The summed E-state index contributed by atoms with van der Waals surface area (Å²) in [6.45, 7) is 0. The Morgan fingerprint density at radius 2 is 1.66 bits per heavy atom. The minimum Gasteiger partial charge on any atom is -0.355 e. The average molecular weight is 408 g/mol. The van der Waals surface area contributed by atoms with Crippen molar-refractivity contribution in [3.63, 3.8) is 0 Å². The van der Waals surface area contributed by atoms with E-state index in [9.17, 15) is 8.78 Å². The maximum atomic E-state index is 14.3. The molecule has 0 amide bonds. The first-order valence-corrected chi connectivity index (χ1v) is 9.13. The van der Waals surface area contributed by atoms with Gasteiger partial charge >= 0.3 is 0 Å². The van der Waals surface area contributed by atoms with Crippen LogP contribution >= 0.6 is 11.6 Å². The molecule has 0 radical (unpaired) electrons. The molecule has 0 aliphatic rings. The molecule has 29 heavy (non-hydrogen) atoms. The molecule has 3 aromatic carbocycles. The molecule has 4 nitrogen and oxygen atoms in total. The van der Waals surface area contributed by atoms with Crippen molar-refractivity contribution < 1.29 is 13.3 Å². The van der Waals surface area contributed by atoms with Crippen molar-refractivity contribution in [2.24, 2.45) is 0 Å². The van der Waals surface area contributed by atoms with E-state index in [4.69, 9.17) is 16.1 Å². The molecule has 0 aliphatic heterocycles. The van der Waals surface area contributed by atoms with Crippen molar-refractivity contribution in [1.82, 2.24) is 14.9 Å². The molecule has 0 N–H and O–H groups in total. The van der Waals surface area contributed by atoms with Gasteiger partial charge in [-0.1, -0.05) is 22.8 Å². The monoisotopic (exact) mass is 407 g/mol. The van der Waals surface area contributed by atoms with E-state index in [1.54, 1.807) is 24.4 Å². The van der Waals surface area contributed by atoms with Crippen LogP contribution in [0.2, 0.25) is 5.02 Å². The molecule has 5 aromatic rings. The highest BCUT2D eigenvalue weighted by Gasteiger charge is 2.16. The molecule has 0 bridgehead atoms. The summed E-state index contributed by atoms with van der Waals surface area (Å²) in [4.78, 5) is 0. The van der Waals surface area contributed by atoms with E-state index in [2.05, 4.69) is 10.3 Å². The number of halogens is 3. The number of hydrogen-bond donors (Lipinski definition) is 0. The van der Waals surface area contributed by atoms with Gasteiger partial charge in [-0.25, -0.2) is 13.5 Å². The summed E-state index contributed by atoms with van der Waals surface area (Å²) in [5.41, 5.74) is 3.14. The molecule has 142 valence electrons. The summed E-state index contributed by atoms with van der Waals surface area (Å²) >= 11 is 5.97. The first-order valence-electron chi connectivity index (χ1n) is 8.75. The maximum Gasteiger partial charge on any atom is 0.174 e. The van der Waals surface area contributed by atoms with Crippen LogP contribution in [0.1, 0.15) is 0 Å². The van der Waals surface area contributed by atoms with Crippen molar-refractivity contribution in [1.29, 1.82) is 0 Å². The van der Waals surface area contributed by atoms with Crippen molar-refractivity contribution in [3.05, 3.63) is 89.6 Å². The lowest BCUT2D eigenvalue weighted by Crippen LogP contribution is -2.02. The number of aromatic nitrogens is 3. The first kappa shape index (κ1) is 17.6. The summed E-state index contributed by atoms with van der Waals surface area (Å²) in [5, 5.41) is 9.76. The highest BCUT2D eigenvalue weighted by molar-refractivity contribution is 6.30. The quantitative estimate of drug-likeness (QED) is 0.353. The van der Waals surface area contributed by atoms with Gasteiger partial charge in [-0.15, -0.1) is 0 Å². The predicted molar refractivity (Wildman–Crippen MR) is 107 cm³/mol. The highest BCUT2D eigenvalue weighted by atomic mass is 35.5. The topological polar surface area (TPSA) is 43.9 Å². The van der Waals surface area contributed by atoms with E-state index in [-0.39, 0.29) is 5.69 Å². The van der Waals surface area contributed by atoms with Crippen LogP contribution in [0.4, 0.5) is 8.78 Å². The maximum absolute atomic E-state index is 14.3. The van der Waals surface area contributed by atoms with Gasteiger partial charge in [0.1, 0.15) is 17.0 Å². The van der Waals surface area contributed by atoms with Crippen LogP contribution < -0.4 is 0 Å². The Hall–Kier alpha value is -3.51. The molecule has 2 heterocycles. The Kier molecular flexibility index (Phi) is 4.14. The van der Waals surface area contributed by atoms with Crippen molar-refractivity contribution in [2.75, 3.05) is 0 Å². The summed E-state index contributed by atoms with van der Waals surface area (Å²) in [6.07, 6.45) is 1.57. The molecule has 0 fully saturated rings. The Morgan fingerprint density at radius 1 is 0.862 bits per heavy atom. The van der Waals surface area contributed by atoms with Crippen molar-refractivity contribution in [2.45, 2.75) is 0 Å². The highest BCUT2D eigenvalue weighted by Crippen LogP contribution is 2.33. The van der Waals surface area contributed by atoms with Gasteiger partial charge < -0.3 is 4.52 Å². The number of rotatable bonds is 3. The van der Waals surface area contributed by atoms with Crippen LogP contribution in [0.15, 0.2) is 77.4 Å². The summed E-state index contributed by atoms with van der Waals surface area (Å²) in [7, 11) is 0. The van der Waals surface area contributed by atoms with Crippen molar-refractivity contribution in [3.8, 4) is 28.3 Å². The fourth-order valence-corrected chi connectivity index (χ4v) is 3.40. The van der Waals surface area contributed by atoms with Crippen LogP contribution in [-0.4, -0.2) is 14.9 Å². The van der Waals surface area contributed by atoms with Crippen LogP contribution in [0.3, 0.4) is 0 Å². The standard InChI is InChI=1S/C22H12ClF2N3O/c23-15-4-1-13(2-5-15)22-17-11-14(3-7-19(17)27-29-22)20-9-10-26-28(20)21-8-6-16(24)12-18(21)25/h1-12H. The summed E-state index contributed by atoms with van der Waals surface area (Å²) < 4.78 is 34.6. The van der Waals surface area contributed by atoms with Gasteiger partial charge in [0.05, 0.1) is 17.3 Å². The second kappa shape index (κ2) is 6.83. The Bertz CT molecular complexity index is 1340. The molecule has 0 spiro atoms. The molecule has 5 rings (SSSR count). The lowest BCUT2D eigenvalue weighted by molar-refractivity contribution is 0.441. The smallest absolute Gasteiger partial charge is 0.174 e. The van der Waals surface area contributed by atoms with Gasteiger partial charge in [0.15, 0.2) is 11.6 Å². The van der Waals surface area contributed by atoms with E-state index >= 15 is 0 Å². The van der Waals surface area contributed by atoms with Gasteiger partial charge in [0.25, 0.3) is 0 Å². The molecule has 0 aliphatic carbocycles. The minimum absolute atomic E-state index is 0.162. The fourth-order valence-electron chi connectivity index (χ4n) is 3.28. The van der Waals surface area contributed by atoms with Gasteiger partial charge in [-0.3, -0.25) is 0 Å². The molecular weight excluding hydrogens is 396 g/mol. The third-order valence-corrected chi connectivity index (χ3v) is 4.91. The van der Waals surface area contributed by atoms with E-state index in [0.717, 1.165) is 22.6 Å². The van der Waals surface area contributed by atoms with E-state index in [1.807, 2.05) is 30.3 Å². The van der Waals surface area contributed by atoms with Gasteiger partial charge in [0, 0.05) is 22.2 Å². The number of nitrogens with zero attached hydrogens (tertiary/aromatic N) is 3. The van der Waals surface area contributed by atoms with Gasteiger partial charge in [-0.05, 0) is 54.6 Å². The Labute approximate surface area is 168 Å². The second-order valence-electron chi connectivity index (χ2n) is 6.47.